The Balaban J connectivity index is 3.12. The predicted octanol–water partition coefficient (Wildman–Crippen LogP) is 2.25. The molecule has 0 bridgehead atoms. The molecule has 0 aliphatic heterocycles. The van der Waals surface area contributed by atoms with Crippen LogP contribution in [0.25, 0.3) is 6.08 Å². The van der Waals surface area contributed by atoms with Crippen molar-refractivity contribution in [2.75, 3.05) is 0 Å². The zero-order valence-electron chi connectivity index (χ0n) is 7.11. The lowest BCUT2D eigenvalue weighted by Gasteiger charge is -1.99. The van der Waals surface area contributed by atoms with Crippen molar-refractivity contribution in [3.63, 3.8) is 0 Å². The fourth-order valence-corrected chi connectivity index (χ4v) is 1.16. The van der Waals surface area contributed by atoms with E-state index in [9.17, 15) is 9.59 Å². The molecule has 0 aliphatic carbocycles. The van der Waals surface area contributed by atoms with Crippen LogP contribution in [0.2, 0.25) is 5.02 Å². The number of aromatic carboxylic acids is 1. The molecule has 0 amide bonds. The number of hydrogen-bond donors (Lipinski definition) is 1. The molecule has 0 saturated carbocycles. The van der Waals surface area contributed by atoms with Gasteiger partial charge in [0.15, 0.2) is 0 Å². The molecule has 1 aromatic carbocycles. The van der Waals surface area contributed by atoms with Crippen molar-refractivity contribution in [3.05, 3.63) is 40.4 Å². The first-order valence-corrected chi connectivity index (χ1v) is 4.17. The van der Waals surface area contributed by atoms with E-state index in [-0.39, 0.29) is 10.6 Å². The Labute approximate surface area is 85.6 Å². The van der Waals surface area contributed by atoms with Gasteiger partial charge >= 0.3 is 5.97 Å². The van der Waals surface area contributed by atoms with Gasteiger partial charge in [0.1, 0.15) is 6.29 Å². The quantitative estimate of drug-likeness (QED) is 0.615. The van der Waals surface area contributed by atoms with Crippen LogP contribution in [0.1, 0.15) is 15.9 Å². The molecule has 0 atom stereocenters. The monoisotopic (exact) mass is 210 g/mol. The van der Waals surface area contributed by atoms with E-state index in [0.29, 0.717) is 11.8 Å². The highest BCUT2D eigenvalue weighted by Crippen LogP contribution is 2.18. The molecule has 0 unspecified atom stereocenters. The van der Waals surface area contributed by atoms with Gasteiger partial charge in [0.2, 0.25) is 0 Å². The van der Waals surface area contributed by atoms with Crippen molar-refractivity contribution in [3.8, 4) is 0 Å². The molecule has 0 saturated heterocycles. The third-order valence-electron chi connectivity index (χ3n) is 1.59. The molecule has 4 heteroatoms. The highest BCUT2D eigenvalue weighted by atomic mass is 35.5. The van der Waals surface area contributed by atoms with E-state index in [2.05, 4.69) is 0 Å². The molecule has 0 radical (unpaired) electrons. The summed E-state index contributed by atoms with van der Waals surface area (Å²) in [6.45, 7) is 0. The summed E-state index contributed by atoms with van der Waals surface area (Å²) < 4.78 is 0. The maximum atomic E-state index is 10.7. The summed E-state index contributed by atoms with van der Waals surface area (Å²) in [6.07, 6.45) is 3.42. The molecule has 72 valence electrons. The maximum absolute atomic E-state index is 10.7. The van der Waals surface area contributed by atoms with Gasteiger partial charge in [-0.25, -0.2) is 4.79 Å². The molecule has 0 aliphatic rings. The number of halogens is 1. The van der Waals surface area contributed by atoms with Crippen LogP contribution in [0.5, 0.6) is 0 Å². The Morgan fingerprint density at radius 1 is 1.43 bits per heavy atom. The molecule has 3 nitrogen and oxygen atoms in total. The Morgan fingerprint density at radius 3 is 2.71 bits per heavy atom. The second kappa shape index (κ2) is 4.58. The van der Waals surface area contributed by atoms with Crippen molar-refractivity contribution in [2.24, 2.45) is 0 Å². The molecule has 1 N–H and O–H groups in total. The standard InChI is InChI=1S/C10H7ClO3/c11-9-4-3-7(2-1-5-12)6-8(9)10(13)14/h1-6H,(H,13,14). The number of carboxylic acid groups (broad SMARTS) is 1. The van der Waals surface area contributed by atoms with Crippen LogP contribution in [-0.4, -0.2) is 17.4 Å². The van der Waals surface area contributed by atoms with Crippen LogP contribution in [0.15, 0.2) is 24.3 Å². The second-order valence-corrected chi connectivity index (χ2v) is 2.95. The largest absolute Gasteiger partial charge is 0.478 e. The highest BCUT2D eigenvalue weighted by molar-refractivity contribution is 6.33. The van der Waals surface area contributed by atoms with Gasteiger partial charge in [-0.1, -0.05) is 23.7 Å². The second-order valence-electron chi connectivity index (χ2n) is 2.54. The molecular weight excluding hydrogens is 204 g/mol. The van der Waals surface area contributed by atoms with E-state index < -0.39 is 5.97 Å². The molecule has 1 aromatic rings. The van der Waals surface area contributed by atoms with E-state index in [1.165, 1.54) is 24.3 Å². The molecule has 0 aromatic heterocycles. The first-order chi connectivity index (χ1) is 6.65. The number of carbonyl (C=O) groups is 2. The van der Waals surface area contributed by atoms with Crippen LogP contribution >= 0.6 is 11.6 Å². The number of hydrogen-bond acceptors (Lipinski definition) is 2. The van der Waals surface area contributed by atoms with Crippen molar-refractivity contribution in [2.45, 2.75) is 0 Å². The minimum atomic E-state index is -1.09. The average Bonchev–Trinajstić information content (AvgIpc) is 2.16. The van der Waals surface area contributed by atoms with E-state index in [1.807, 2.05) is 0 Å². The first-order valence-electron chi connectivity index (χ1n) is 3.80. The lowest BCUT2D eigenvalue weighted by molar-refractivity contribution is -0.104. The summed E-state index contributed by atoms with van der Waals surface area (Å²) in [5, 5.41) is 8.92. The van der Waals surface area contributed by atoms with E-state index in [0.717, 1.165) is 0 Å². The van der Waals surface area contributed by atoms with Gasteiger partial charge in [-0.3, -0.25) is 4.79 Å². The van der Waals surface area contributed by atoms with Crippen LogP contribution in [0.4, 0.5) is 0 Å². The summed E-state index contributed by atoms with van der Waals surface area (Å²) in [6, 6.07) is 4.52. The zero-order chi connectivity index (χ0) is 10.6. The maximum Gasteiger partial charge on any atom is 0.337 e. The molecule has 0 heterocycles. The number of benzene rings is 1. The topological polar surface area (TPSA) is 54.4 Å². The number of carboxylic acids is 1. The Bertz CT molecular complexity index is 396. The number of carbonyl (C=O) groups excluding carboxylic acids is 1. The first kappa shape index (κ1) is 10.5. The zero-order valence-corrected chi connectivity index (χ0v) is 7.86. The molecule has 1 rings (SSSR count). The minimum absolute atomic E-state index is 0.0275. The number of rotatable bonds is 3. The van der Waals surface area contributed by atoms with Gasteiger partial charge in [-0.2, -0.15) is 0 Å². The fourth-order valence-electron chi connectivity index (χ4n) is 0.961. The van der Waals surface area contributed by atoms with E-state index >= 15 is 0 Å². The lowest BCUT2D eigenvalue weighted by Crippen LogP contribution is -1.97. The predicted molar refractivity (Wildman–Crippen MR) is 53.5 cm³/mol. The molecule has 0 fully saturated rings. The lowest BCUT2D eigenvalue weighted by atomic mass is 10.1. The minimum Gasteiger partial charge on any atom is -0.478 e. The summed E-state index contributed by atoms with van der Waals surface area (Å²) in [5.41, 5.74) is 0.651. The normalized spacial score (nSPS) is 10.4. The van der Waals surface area contributed by atoms with Crippen molar-refractivity contribution in [1.82, 2.24) is 0 Å². The number of allylic oxidation sites excluding steroid dienone is 1. The third kappa shape index (κ3) is 2.44. The fraction of sp³-hybridized carbons (Fsp3) is 0. The molecular formula is C10H7ClO3. The van der Waals surface area contributed by atoms with Gasteiger partial charge in [0, 0.05) is 0 Å². The summed E-state index contributed by atoms with van der Waals surface area (Å²) >= 11 is 5.65. The van der Waals surface area contributed by atoms with Crippen LogP contribution < -0.4 is 0 Å². The molecule has 0 spiro atoms. The van der Waals surface area contributed by atoms with Gasteiger partial charge in [0.05, 0.1) is 10.6 Å². The third-order valence-corrected chi connectivity index (χ3v) is 1.92. The highest BCUT2D eigenvalue weighted by Gasteiger charge is 2.07. The van der Waals surface area contributed by atoms with Crippen LogP contribution in [0, 0.1) is 0 Å². The van der Waals surface area contributed by atoms with Crippen LogP contribution in [0.3, 0.4) is 0 Å². The summed E-state index contributed by atoms with van der Waals surface area (Å²) in [7, 11) is 0. The Hall–Kier alpha value is -1.61. The van der Waals surface area contributed by atoms with Crippen molar-refractivity contribution < 1.29 is 14.7 Å². The SMILES string of the molecule is O=CC=Cc1ccc(Cl)c(C(=O)O)c1. The summed E-state index contributed by atoms with van der Waals surface area (Å²) in [4.78, 5) is 20.7. The van der Waals surface area contributed by atoms with Gasteiger partial charge in [0.25, 0.3) is 0 Å². The molecule has 14 heavy (non-hydrogen) atoms. The van der Waals surface area contributed by atoms with E-state index in [1.54, 1.807) is 6.07 Å². The summed E-state index contributed by atoms with van der Waals surface area (Å²) in [5.74, 6) is -1.09. The number of aldehydes is 1. The van der Waals surface area contributed by atoms with Gasteiger partial charge < -0.3 is 5.11 Å². The van der Waals surface area contributed by atoms with Crippen molar-refractivity contribution in [1.29, 1.82) is 0 Å². The van der Waals surface area contributed by atoms with Crippen molar-refractivity contribution >= 4 is 29.9 Å². The van der Waals surface area contributed by atoms with Gasteiger partial charge in [-0.05, 0) is 23.8 Å². The van der Waals surface area contributed by atoms with Crippen LogP contribution in [-0.2, 0) is 4.79 Å². The smallest absolute Gasteiger partial charge is 0.337 e. The Kier molecular flexibility index (Phi) is 3.42. The van der Waals surface area contributed by atoms with E-state index in [4.69, 9.17) is 16.7 Å². The Morgan fingerprint density at radius 2 is 2.14 bits per heavy atom. The average molecular weight is 211 g/mol. The van der Waals surface area contributed by atoms with Gasteiger partial charge in [-0.15, -0.1) is 0 Å².